The topological polar surface area (TPSA) is 100 Å². The number of nitrogens with zero attached hydrogens (tertiary/aromatic N) is 3. The molecule has 0 unspecified atom stereocenters. The number of aryl methyl sites for hydroxylation is 1. The summed E-state index contributed by atoms with van der Waals surface area (Å²) in [5.74, 6) is -2.70. The van der Waals surface area contributed by atoms with Crippen molar-refractivity contribution in [3.63, 3.8) is 0 Å². The molecule has 1 aromatic heterocycles. The van der Waals surface area contributed by atoms with Gasteiger partial charge in [0.15, 0.2) is 23.2 Å². The summed E-state index contributed by atoms with van der Waals surface area (Å²) in [5.41, 5.74) is 0. The average molecular weight is 304 g/mol. The summed E-state index contributed by atoms with van der Waals surface area (Å²) < 4.78 is 55.8. The molecule has 20 heavy (non-hydrogen) atoms. The Morgan fingerprint density at radius 1 is 1.35 bits per heavy atom. The zero-order valence-corrected chi connectivity index (χ0v) is 11.1. The second-order valence-electron chi connectivity index (χ2n) is 3.91. The minimum Gasteiger partial charge on any atom is -0.479 e. The van der Waals surface area contributed by atoms with Crippen LogP contribution in [0.25, 0.3) is 0 Å². The van der Waals surface area contributed by atoms with Crippen molar-refractivity contribution in [2.45, 2.75) is 11.5 Å². The number of rotatable bonds is 4. The smallest absolute Gasteiger partial charge is 0.238 e. The maximum absolute atomic E-state index is 13.6. The first-order valence-electron chi connectivity index (χ1n) is 5.26. The number of hydrogen-bond acceptors (Lipinski definition) is 5. The van der Waals surface area contributed by atoms with Gasteiger partial charge in [-0.2, -0.15) is 0 Å². The zero-order chi connectivity index (χ0) is 14.9. The molecule has 2 N–H and O–H groups in total. The fourth-order valence-corrected chi connectivity index (χ4v) is 1.95. The Morgan fingerprint density at radius 2 is 1.95 bits per heavy atom. The lowest BCUT2D eigenvalue weighted by atomic mass is 10.3. The molecule has 0 saturated heterocycles. The Hall–Kier alpha value is -2.07. The van der Waals surface area contributed by atoms with E-state index in [4.69, 9.17) is 9.88 Å². The van der Waals surface area contributed by atoms with E-state index < -0.39 is 32.3 Å². The third-order valence-corrected chi connectivity index (χ3v) is 3.34. The quantitative estimate of drug-likeness (QED) is 0.876. The summed E-state index contributed by atoms with van der Waals surface area (Å²) >= 11 is 0. The standard InChI is InChI=1S/C10H10F2N4O3S/c1-16-5-14-15-9(16)4-19-10-7(11)2-6(3-8(10)12)20(13,17)18/h2-3,5H,4H2,1H3,(H2,13,17,18). The van der Waals surface area contributed by atoms with Crippen LogP contribution in [0.4, 0.5) is 8.78 Å². The minimum absolute atomic E-state index is 0.223. The van der Waals surface area contributed by atoms with Gasteiger partial charge in [-0.15, -0.1) is 10.2 Å². The number of hydrogen-bond donors (Lipinski definition) is 1. The number of nitrogens with two attached hydrogens (primary N) is 1. The van der Waals surface area contributed by atoms with Crippen molar-refractivity contribution in [1.29, 1.82) is 0 Å². The molecule has 0 spiro atoms. The summed E-state index contributed by atoms with van der Waals surface area (Å²) in [5, 5.41) is 12.0. The van der Waals surface area contributed by atoms with E-state index in [1.54, 1.807) is 7.05 Å². The second kappa shape index (κ2) is 5.13. The molecule has 0 bridgehead atoms. The lowest BCUT2D eigenvalue weighted by molar-refractivity contribution is 0.261. The molecular formula is C10H10F2N4O3S. The number of benzene rings is 1. The van der Waals surface area contributed by atoms with Crippen molar-refractivity contribution in [3.05, 3.63) is 35.9 Å². The monoisotopic (exact) mass is 304 g/mol. The van der Waals surface area contributed by atoms with E-state index in [2.05, 4.69) is 10.2 Å². The van der Waals surface area contributed by atoms with Crippen molar-refractivity contribution < 1.29 is 21.9 Å². The molecule has 0 fully saturated rings. The van der Waals surface area contributed by atoms with Crippen LogP contribution in [0.1, 0.15) is 5.82 Å². The highest BCUT2D eigenvalue weighted by Crippen LogP contribution is 2.25. The van der Waals surface area contributed by atoms with E-state index in [1.165, 1.54) is 10.9 Å². The van der Waals surface area contributed by atoms with Crippen LogP contribution in [0.15, 0.2) is 23.4 Å². The molecule has 0 aliphatic carbocycles. The first kappa shape index (κ1) is 14.3. The van der Waals surface area contributed by atoms with E-state index in [1.807, 2.05) is 0 Å². The van der Waals surface area contributed by atoms with E-state index in [0.717, 1.165) is 0 Å². The van der Waals surface area contributed by atoms with Crippen molar-refractivity contribution in [2.24, 2.45) is 12.2 Å². The molecule has 7 nitrogen and oxygen atoms in total. The molecule has 2 aromatic rings. The highest BCUT2D eigenvalue weighted by atomic mass is 32.2. The maximum Gasteiger partial charge on any atom is 0.238 e. The van der Waals surface area contributed by atoms with Gasteiger partial charge in [-0.1, -0.05) is 0 Å². The molecule has 1 aromatic carbocycles. The van der Waals surface area contributed by atoms with Gasteiger partial charge in [0.05, 0.1) is 4.90 Å². The number of halogens is 2. The van der Waals surface area contributed by atoms with Gasteiger partial charge >= 0.3 is 0 Å². The minimum atomic E-state index is -4.19. The van der Waals surface area contributed by atoms with E-state index in [0.29, 0.717) is 18.0 Å². The van der Waals surface area contributed by atoms with Crippen molar-refractivity contribution in [1.82, 2.24) is 14.8 Å². The fourth-order valence-electron chi connectivity index (χ4n) is 1.41. The average Bonchev–Trinajstić information content (AvgIpc) is 2.72. The maximum atomic E-state index is 13.6. The van der Waals surface area contributed by atoms with Crippen LogP contribution in [-0.2, 0) is 23.7 Å². The number of primary sulfonamides is 1. The van der Waals surface area contributed by atoms with Crippen LogP contribution >= 0.6 is 0 Å². The SMILES string of the molecule is Cn1cnnc1COc1c(F)cc(S(N)(=O)=O)cc1F. The first-order valence-corrected chi connectivity index (χ1v) is 6.81. The van der Waals surface area contributed by atoms with Crippen molar-refractivity contribution in [3.8, 4) is 5.75 Å². The van der Waals surface area contributed by atoms with Gasteiger partial charge in [0.25, 0.3) is 0 Å². The van der Waals surface area contributed by atoms with Crippen LogP contribution < -0.4 is 9.88 Å². The van der Waals surface area contributed by atoms with Crippen LogP contribution in [0, 0.1) is 11.6 Å². The van der Waals surface area contributed by atoms with Crippen LogP contribution in [0.5, 0.6) is 5.75 Å². The fraction of sp³-hybridized carbons (Fsp3) is 0.200. The van der Waals surface area contributed by atoms with Gasteiger partial charge in [-0.05, 0) is 12.1 Å². The summed E-state index contributed by atoms with van der Waals surface area (Å²) in [4.78, 5) is -0.668. The molecule has 0 aliphatic heterocycles. The summed E-state index contributed by atoms with van der Waals surface area (Å²) in [6, 6.07) is 1.18. The molecule has 0 saturated carbocycles. The zero-order valence-electron chi connectivity index (χ0n) is 10.2. The Morgan fingerprint density at radius 3 is 2.40 bits per heavy atom. The predicted octanol–water partition coefficient (Wildman–Crippen LogP) is 0.320. The Labute approximate surface area is 113 Å². The molecule has 0 aliphatic rings. The highest BCUT2D eigenvalue weighted by Gasteiger charge is 2.18. The Bertz CT molecular complexity index is 722. The normalized spacial score (nSPS) is 11.6. The van der Waals surface area contributed by atoms with E-state index in [-0.39, 0.29) is 6.61 Å². The van der Waals surface area contributed by atoms with Gasteiger partial charge in [0, 0.05) is 7.05 Å². The van der Waals surface area contributed by atoms with Crippen molar-refractivity contribution >= 4 is 10.0 Å². The third kappa shape index (κ3) is 2.91. The van der Waals surface area contributed by atoms with Gasteiger partial charge in [-0.25, -0.2) is 22.3 Å². The highest BCUT2D eigenvalue weighted by molar-refractivity contribution is 7.89. The largest absolute Gasteiger partial charge is 0.479 e. The predicted molar refractivity (Wildman–Crippen MR) is 63.1 cm³/mol. The summed E-state index contributed by atoms with van der Waals surface area (Å²) in [6.45, 7) is -0.223. The Balaban J connectivity index is 2.27. The van der Waals surface area contributed by atoms with Gasteiger partial charge in [0.2, 0.25) is 10.0 Å². The van der Waals surface area contributed by atoms with Gasteiger partial charge < -0.3 is 9.30 Å². The molecule has 1 heterocycles. The van der Waals surface area contributed by atoms with Crippen LogP contribution in [0.3, 0.4) is 0 Å². The molecule has 10 heteroatoms. The third-order valence-electron chi connectivity index (χ3n) is 2.45. The second-order valence-corrected chi connectivity index (χ2v) is 5.47. The van der Waals surface area contributed by atoms with Gasteiger partial charge in [-0.3, -0.25) is 0 Å². The van der Waals surface area contributed by atoms with Crippen LogP contribution in [0.2, 0.25) is 0 Å². The molecule has 0 radical (unpaired) electrons. The van der Waals surface area contributed by atoms with E-state index >= 15 is 0 Å². The number of ether oxygens (including phenoxy) is 1. The van der Waals surface area contributed by atoms with Gasteiger partial charge in [0.1, 0.15) is 12.9 Å². The first-order chi connectivity index (χ1) is 9.29. The van der Waals surface area contributed by atoms with Crippen LogP contribution in [-0.4, -0.2) is 23.2 Å². The van der Waals surface area contributed by atoms with E-state index in [9.17, 15) is 17.2 Å². The lowest BCUT2D eigenvalue weighted by Crippen LogP contribution is -2.13. The van der Waals surface area contributed by atoms with Crippen molar-refractivity contribution in [2.75, 3.05) is 0 Å². The summed E-state index contributed by atoms with van der Waals surface area (Å²) in [7, 11) is -2.56. The number of sulfonamides is 1. The lowest BCUT2D eigenvalue weighted by Gasteiger charge is -2.09. The molecule has 0 amide bonds. The Kier molecular flexibility index (Phi) is 3.68. The molecular weight excluding hydrogens is 294 g/mol. The molecule has 2 rings (SSSR count). The molecule has 108 valence electrons. The number of aromatic nitrogens is 3. The molecule has 0 atom stereocenters. The summed E-state index contributed by atoms with van der Waals surface area (Å²) in [6.07, 6.45) is 1.40.